The molecule has 0 aliphatic carbocycles. The molecule has 1 aromatic heterocycles. The first kappa shape index (κ1) is 22.6. The van der Waals surface area contributed by atoms with Gasteiger partial charge >= 0.3 is 6.18 Å². The van der Waals surface area contributed by atoms with Crippen molar-refractivity contribution < 1.29 is 18.0 Å². The number of amides is 1. The molecular weight excluding hydrogens is 407 g/mol. The lowest BCUT2D eigenvalue weighted by molar-refractivity contribution is -0.140. The molecule has 30 heavy (non-hydrogen) atoms. The molecule has 2 atom stereocenters. The number of rotatable bonds is 6. The number of alkyl halides is 3. The number of hydrogen-bond acceptors (Lipinski definition) is 3. The second-order valence-corrected chi connectivity index (χ2v) is 10.9. The van der Waals surface area contributed by atoms with Crippen molar-refractivity contribution >= 4 is 32.0 Å². The van der Waals surface area contributed by atoms with Gasteiger partial charge in [0.15, 0.2) is 0 Å². The van der Waals surface area contributed by atoms with E-state index in [0.717, 1.165) is 37.8 Å². The van der Waals surface area contributed by atoms with Gasteiger partial charge in [-0.05, 0) is 43.7 Å². The van der Waals surface area contributed by atoms with Gasteiger partial charge in [0.1, 0.15) is 5.69 Å². The maximum Gasteiger partial charge on any atom is 0.433 e. The van der Waals surface area contributed by atoms with Crippen LogP contribution in [0.4, 0.5) is 18.9 Å². The van der Waals surface area contributed by atoms with Crippen LogP contribution in [0.2, 0.25) is 6.04 Å². The number of fused-ring (bicyclic) bond motifs is 1. The lowest BCUT2D eigenvalue weighted by Gasteiger charge is -2.21. The Kier molecular flexibility index (Phi) is 7.39. The van der Waals surface area contributed by atoms with E-state index >= 15 is 0 Å². The third-order valence-electron chi connectivity index (χ3n) is 5.65. The Labute approximate surface area is 177 Å². The maximum absolute atomic E-state index is 13.3. The number of carbonyl (C=O) groups excluding carboxylic acids is 1. The van der Waals surface area contributed by atoms with E-state index in [9.17, 15) is 18.0 Å². The molecule has 1 amide bonds. The van der Waals surface area contributed by atoms with Crippen molar-refractivity contribution in [3.8, 4) is 0 Å². The van der Waals surface area contributed by atoms with Gasteiger partial charge < -0.3 is 10.6 Å². The molecule has 1 aliphatic heterocycles. The molecule has 0 unspecified atom stereocenters. The lowest BCUT2D eigenvalue weighted by Crippen LogP contribution is -2.38. The molecule has 2 aromatic rings. The van der Waals surface area contributed by atoms with Crippen molar-refractivity contribution in [3.05, 3.63) is 36.0 Å². The summed E-state index contributed by atoms with van der Waals surface area (Å²) < 4.78 is 39.9. The molecule has 2 heterocycles. The van der Waals surface area contributed by atoms with Crippen molar-refractivity contribution in [2.45, 2.75) is 69.9 Å². The van der Waals surface area contributed by atoms with Crippen molar-refractivity contribution in [1.29, 1.82) is 0 Å². The highest BCUT2D eigenvalue weighted by molar-refractivity contribution is 6.38. The predicted octanol–water partition coefficient (Wildman–Crippen LogP) is 4.68. The summed E-state index contributed by atoms with van der Waals surface area (Å²) in [5, 5.41) is 7.25. The van der Waals surface area contributed by atoms with Crippen LogP contribution in [0.25, 0.3) is 10.9 Å². The SMILES string of the molecule is CC(C)CCC(=O)N[C@H]1CC[C@@H](Nc2cc(C(F)(F)F)nc3ccccc23)CC[SiH2]1. The number of benzene rings is 1. The van der Waals surface area contributed by atoms with Crippen molar-refractivity contribution in [2.24, 2.45) is 5.92 Å². The molecule has 0 saturated carbocycles. The molecular formula is C22H30F3N3OSi. The largest absolute Gasteiger partial charge is 0.433 e. The Balaban J connectivity index is 1.67. The molecule has 0 bridgehead atoms. The number of nitrogens with zero attached hydrogens (tertiary/aromatic N) is 1. The fourth-order valence-electron chi connectivity index (χ4n) is 3.97. The minimum atomic E-state index is -4.48. The van der Waals surface area contributed by atoms with Gasteiger partial charge in [0.05, 0.1) is 5.52 Å². The molecule has 0 spiro atoms. The van der Waals surface area contributed by atoms with Gasteiger partial charge in [-0.15, -0.1) is 0 Å². The monoisotopic (exact) mass is 437 g/mol. The molecule has 0 radical (unpaired) electrons. The second kappa shape index (κ2) is 9.81. The van der Waals surface area contributed by atoms with E-state index in [0.29, 0.717) is 28.9 Å². The van der Waals surface area contributed by atoms with Gasteiger partial charge in [0.25, 0.3) is 0 Å². The van der Waals surface area contributed by atoms with E-state index in [1.54, 1.807) is 18.2 Å². The zero-order valence-electron chi connectivity index (χ0n) is 17.6. The fraction of sp³-hybridized carbons (Fsp3) is 0.545. The Hall–Kier alpha value is -2.09. The molecule has 3 rings (SSSR count). The average molecular weight is 438 g/mol. The molecule has 1 aliphatic rings. The number of anilines is 1. The number of aromatic nitrogens is 1. The fourth-order valence-corrected chi connectivity index (χ4v) is 6.09. The quantitative estimate of drug-likeness (QED) is 0.645. The average Bonchev–Trinajstić information content (AvgIpc) is 2.90. The van der Waals surface area contributed by atoms with Gasteiger partial charge in [0, 0.05) is 38.7 Å². The number of pyridine rings is 1. The van der Waals surface area contributed by atoms with Crippen molar-refractivity contribution in [3.63, 3.8) is 0 Å². The molecule has 1 aromatic carbocycles. The highest BCUT2D eigenvalue weighted by Crippen LogP contribution is 2.34. The van der Waals surface area contributed by atoms with Gasteiger partial charge in [-0.3, -0.25) is 4.79 Å². The number of para-hydroxylation sites is 1. The first-order chi connectivity index (χ1) is 14.2. The summed E-state index contributed by atoms with van der Waals surface area (Å²) in [4.78, 5) is 15.9. The van der Waals surface area contributed by atoms with Gasteiger partial charge in [-0.2, -0.15) is 13.2 Å². The van der Waals surface area contributed by atoms with Crippen LogP contribution in [0.3, 0.4) is 0 Å². The van der Waals surface area contributed by atoms with Gasteiger partial charge in [-0.25, -0.2) is 4.98 Å². The summed E-state index contributed by atoms with van der Waals surface area (Å²) >= 11 is 0. The summed E-state index contributed by atoms with van der Waals surface area (Å²) in [6, 6.07) is 9.19. The second-order valence-electron chi connectivity index (χ2n) is 8.62. The van der Waals surface area contributed by atoms with Gasteiger partial charge in [-0.1, -0.05) is 38.1 Å². The Morgan fingerprint density at radius 2 is 2.00 bits per heavy atom. The standard InChI is InChI=1S/C22H30F3N3OSi/c1-14(2)7-9-20(29)28-21-10-8-15(11-12-30-21)26-18-13-19(22(23,24)25)27-17-6-4-3-5-16(17)18/h3-6,13-15,21H,7-12,30H2,1-2H3,(H,26,27)(H,28,29)/t15-,21-/m1/s1. The molecule has 1 saturated heterocycles. The highest BCUT2D eigenvalue weighted by Gasteiger charge is 2.33. The maximum atomic E-state index is 13.3. The Morgan fingerprint density at radius 1 is 1.23 bits per heavy atom. The van der Waals surface area contributed by atoms with E-state index in [-0.39, 0.29) is 17.6 Å². The third-order valence-corrected chi connectivity index (χ3v) is 7.77. The smallest absolute Gasteiger partial charge is 0.382 e. The van der Waals surface area contributed by atoms with E-state index < -0.39 is 21.4 Å². The van der Waals surface area contributed by atoms with Crippen LogP contribution in [0, 0.1) is 5.92 Å². The summed E-state index contributed by atoms with van der Waals surface area (Å²) in [7, 11) is -0.448. The molecule has 4 nitrogen and oxygen atoms in total. The predicted molar refractivity (Wildman–Crippen MR) is 117 cm³/mol. The molecule has 8 heteroatoms. The topological polar surface area (TPSA) is 54.0 Å². The van der Waals surface area contributed by atoms with E-state index in [4.69, 9.17) is 0 Å². The highest BCUT2D eigenvalue weighted by atomic mass is 28.2. The van der Waals surface area contributed by atoms with E-state index in [1.807, 2.05) is 6.07 Å². The van der Waals surface area contributed by atoms with Crippen LogP contribution in [0.15, 0.2) is 30.3 Å². The molecule has 164 valence electrons. The van der Waals surface area contributed by atoms with Crippen LogP contribution in [-0.2, 0) is 11.0 Å². The third kappa shape index (κ3) is 6.20. The summed E-state index contributed by atoms with van der Waals surface area (Å²) in [6.07, 6.45) is -0.397. The first-order valence-electron chi connectivity index (χ1n) is 10.7. The van der Waals surface area contributed by atoms with Crippen molar-refractivity contribution in [2.75, 3.05) is 5.32 Å². The van der Waals surface area contributed by atoms with E-state index in [1.165, 1.54) is 0 Å². The summed E-state index contributed by atoms with van der Waals surface area (Å²) in [5.74, 6) is 0.634. The first-order valence-corrected chi connectivity index (χ1v) is 12.6. The molecule has 1 fully saturated rings. The number of hydrogen-bond donors (Lipinski definition) is 2. The van der Waals surface area contributed by atoms with E-state index in [2.05, 4.69) is 29.5 Å². The van der Waals surface area contributed by atoms with Crippen LogP contribution in [-0.4, -0.2) is 32.1 Å². The Morgan fingerprint density at radius 3 is 2.73 bits per heavy atom. The lowest BCUT2D eigenvalue weighted by atomic mass is 10.1. The minimum Gasteiger partial charge on any atom is -0.382 e. The number of carbonyl (C=O) groups is 1. The van der Waals surface area contributed by atoms with Crippen LogP contribution in [0.1, 0.15) is 51.6 Å². The zero-order valence-corrected chi connectivity index (χ0v) is 19.0. The number of halogens is 3. The Bertz CT molecular complexity index is 872. The van der Waals surface area contributed by atoms with Gasteiger partial charge in [0.2, 0.25) is 5.91 Å². The van der Waals surface area contributed by atoms with Crippen LogP contribution in [0.5, 0.6) is 0 Å². The number of nitrogens with one attached hydrogen (secondary N) is 2. The summed E-state index contributed by atoms with van der Waals surface area (Å²) in [6.45, 7) is 4.22. The van der Waals surface area contributed by atoms with Crippen LogP contribution < -0.4 is 10.6 Å². The zero-order chi connectivity index (χ0) is 21.7. The van der Waals surface area contributed by atoms with Crippen molar-refractivity contribution in [1.82, 2.24) is 10.3 Å². The normalized spacial score (nSPS) is 21.0. The molecule has 2 N–H and O–H groups in total. The minimum absolute atomic E-state index is 0.0990. The van der Waals surface area contributed by atoms with Crippen LogP contribution >= 0.6 is 0 Å². The summed E-state index contributed by atoms with van der Waals surface area (Å²) in [5.41, 5.74) is 0.227.